The number of furan rings is 1. The monoisotopic (exact) mass is 516 g/mol. The number of aryl methyl sites for hydroxylation is 1. The zero-order valence-electron chi connectivity index (χ0n) is 19.5. The molecule has 35 heavy (non-hydrogen) atoms. The van der Waals surface area contributed by atoms with Gasteiger partial charge in [0, 0.05) is 48.8 Å². The second kappa shape index (κ2) is 12.2. The number of benzene rings is 1. The first-order valence-corrected chi connectivity index (χ1v) is 13.7. The molecule has 0 aliphatic carbocycles. The fourth-order valence-corrected chi connectivity index (χ4v) is 5.30. The molecular formula is C23H28N6O4S2. The van der Waals surface area contributed by atoms with Crippen molar-refractivity contribution in [2.45, 2.75) is 6.92 Å². The topological polar surface area (TPSA) is 128 Å². The summed E-state index contributed by atoms with van der Waals surface area (Å²) < 4.78 is 16.9. The largest absolute Gasteiger partial charge is 0.432 e. The average Bonchev–Trinajstić information content (AvgIpc) is 3.21. The van der Waals surface area contributed by atoms with Crippen LogP contribution in [0.1, 0.15) is 5.56 Å². The first kappa shape index (κ1) is 25.3. The lowest BCUT2D eigenvalue weighted by Crippen LogP contribution is -2.37. The van der Waals surface area contributed by atoms with E-state index in [1.165, 1.54) is 0 Å². The number of ether oxygens (including phenoxy) is 2. The summed E-state index contributed by atoms with van der Waals surface area (Å²) in [5.41, 5.74) is 8.23. The van der Waals surface area contributed by atoms with Gasteiger partial charge in [0.15, 0.2) is 17.2 Å². The number of morpholine rings is 1. The number of nitrogens with zero attached hydrogens (tertiary/aromatic N) is 4. The van der Waals surface area contributed by atoms with Gasteiger partial charge in [-0.3, -0.25) is 0 Å². The van der Waals surface area contributed by atoms with E-state index >= 15 is 0 Å². The molecule has 3 aromatic rings. The number of anilines is 1. The Kier molecular flexibility index (Phi) is 8.85. The molecule has 0 saturated carbocycles. The normalized spacial score (nSPS) is 13.7. The third kappa shape index (κ3) is 6.26. The van der Waals surface area contributed by atoms with E-state index in [9.17, 15) is 4.79 Å². The summed E-state index contributed by atoms with van der Waals surface area (Å²) in [5, 5.41) is 2.76. The molecule has 186 valence electrons. The van der Waals surface area contributed by atoms with Gasteiger partial charge in [-0.2, -0.15) is 0 Å². The summed E-state index contributed by atoms with van der Waals surface area (Å²) in [6, 6.07) is 7.15. The lowest BCUT2D eigenvalue weighted by molar-refractivity contribution is 0.122. The Bertz CT molecular complexity index is 1180. The van der Waals surface area contributed by atoms with Gasteiger partial charge in [0.25, 0.3) is 0 Å². The third-order valence-electron chi connectivity index (χ3n) is 5.22. The number of nitrogens with one attached hydrogen (secondary N) is 1. The van der Waals surface area contributed by atoms with E-state index in [4.69, 9.17) is 29.6 Å². The van der Waals surface area contributed by atoms with E-state index in [-0.39, 0.29) is 0 Å². The predicted molar refractivity (Wildman–Crippen MR) is 142 cm³/mol. The van der Waals surface area contributed by atoms with Gasteiger partial charge in [0.2, 0.25) is 5.88 Å². The van der Waals surface area contributed by atoms with Gasteiger partial charge in [-0.1, -0.05) is 33.7 Å². The lowest BCUT2D eigenvalue weighted by Gasteiger charge is -2.27. The van der Waals surface area contributed by atoms with Gasteiger partial charge in [-0.15, -0.1) is 0 Å². The Labute approximate surface area is 211 Å². The Morgan fingerprint density at radius 2 is 2.09 bits per heavy atom. The zero-order chi connectivity index (χ0) is 24.6. The maximum Gasteiger partial charge on any atom is 0.412 e. The van der Waals surface area contributed by atoms with E-state index in [1.54, 1.807) is 39.8 Å². The molecule has 1 aliphatic rings. The molecule has 0 bridgehead atoms. The van der Waals surface area contributed by atoms with Crippen LogP contribution in [0.2, 0.25) is 0 Å². The number of amides is 1. The van der Waals surface area contributed by atoms with Gasteiger partial charge >= 0.3 is 6.09 Å². The molecule has 1 amide bonds. The minimum absolute atomic E-state index is 0.402. The summed E-state index contributed by atoms with van der Waals surface area (Å²) in [5.74, 6) is 3.66. The van der Waals surface area contributed by atoms with E-state index in [0.717, 1.165) is 17.1 Å². The molecule has 3 N–H and O–H groups in total. The molecule has 10 nitrogen and oxygen atoms in total. The maximum absolute atomic E-state index is 12.2. The zero-order valence-corrected chi connectivity index (χ0v) is 21.1. The van der Waals surface area contributed by atoms with E-state index in [1.807, 2.05) is 13.0 Å². The van der Waals surface area contributed by atoms with Crippen LogP contribution in [0.15, 0.2) is 33.7 Å². The summed E-state index contributed by atoms with van der Waals surface area (Å²) in [6.45, 7) is 9.23. The third-order valence-corrected chi connectivity index (χ3v) is 7.66. The number of carbonyl (C=O) groups is 1. The molecular weight excluding hydrogens is 488 g/mol. The van der Waals surface area contributed by atoms with Crippen LogP contribution in [-0.4, -0.2) is 73.7 Å². The van der Waals surface area contributed by atoms with Gasteiger partial charge in [0.05, 0.1) is 13.2 Å². The smallest absolute Gasteiger partial charge is 0.412 e. The minimum atomic E-state index is -0.510. The standard InChI is InChI=1S/C23H28N6O4S2/c1-15-18-19(33-22(15)25-2)21(29-8-10-31-11-9-29)28-20(27-18)16-4-3-5-17(14-16)32-23(30)26-7-13-35-34-12-6-24/h3-5,14H,2,6-13,24H2,1H3,(H,26,30). The molecule has 4 rings (SSSR count). The van der Waals surface area contributed by atoms with E-state index in [0.29, 0.717) is 79.3 Å². The fraction of sp³-hybridized carbons (Fsp3) is 0.391. The number of carbonyl (C=O) groups excluding carboxylic acids is 1. The van der Waals surface area contributed by atoms with Crippen LogP contribution in [0, 0.1) is 6.92 Å². The molecule has 3 heterocycles. The quantitative estimate of drug-likeness (QED) is 0.233. The second-order valence-electron chi connectivity index (χ2n) is 7.62. The molecule has 0 spiro atoms. The van der Waals surface area contributed by atoms with Gasteiger partial charge in [-0.25, -0.2) is 19.8 Å². The molecule has 0 radical (unpaired) electrons. The molecule has 2 aromatic heterocycles. The SMILES string of the molecule is C=Nc1oc2c(N3CCOCC3)nc(-c3cccc(OC(=O)NCCSSCCN)c3)nc2c1C. The maximum atomic E-state index is 12.2. The summed E-state index contributed by atoms with van der Waals surface area (Å²) >= 11 is 0. The van der Waals surface area contributed by atoms with Gasteiger partial charge in [-0.05, 0) is 25.8 Å². The van der Waals surface area contributed by atoms with Crippen LogP contribution in [-0.2, 0) is 4.74 Å². The highest BCUT2D eigenvalue weighted by molar-refractivity contribution is 8.76. The van der Waals surface area contributed by atoms with Crippen LogP contribution < -0.4 is 20.7 Å². The van der Waals surface area contributed by atoms with E-state index in [2.05, 4.69) is 21.9 Å². The van der Waals surface area contributed by atoms with Crippen molar-refractivity contribution in [1.29, 1.82) is 0 Å². The second-order valence-corrected chi connectivity index (χ2v) is 10.3. The van der Waals surface area contributed by atoms with Crippen LogP contribution in [0.3, 0.4) is 0 Å². The van der Waals surface area contributed by atoms with Crippen LogP contribution in [0.25, 0.3) is 22.5 Å². The first-order chi connectivity index (χ1) is 17.1. The Balaban J connectivity index is 1.55. The van der Waals surface area contributed by atoms with Crippen molar-refractivity contribution in [3.8, 4) is 17.1 Å². The predicted octanol–water partition coefficient (Wildman–Crippen LogP) is 3.80. The molecule has 0 atom stereocenters. The van der Waals surface area contributed by atoms with Gasteiger partial charge < -0.3 is 29.8 Å². The van der Waals surface area contributed by atoms with Crippen molar-refractivity contribution in [3.05, 3.63) is 29.8 Å². The number of nitrogens with two attached hydrogens (primary N) is 1. The highest BCUT2D eigenvalue weighted by Gasteiger charge is 2.23. The number of aliphatic imine (C=N–C) groups is 1. The van der Waals surface area contributed by atoms with Crippen molar-refractivity contribution in [3.63, 3.8) is 0 Å². The van der Waals surface area contributed by atoms with Crippen LogP contribution in [0.5, 0.6) is 5.75 Å². The molecule has 12 heteroatoms. The van der Waals surface area contributed by atoms with Gasteiger partial charge in [0.1, 0.15) is 11.3 Å². The molecule has 1 saturated heterocycles. The average molecular weight is 517 g/mol. The number of rotatable bonds is 10. The van der Waals surface area contributed by atoms with Crippen molar-refractivity contribution in [1.82, 2.24) is 15.3 Å². The summed E-state index contributed by atoms with van der Waals surface area (Å²) in [6.07, 6.45) is -0.510. The first-order valence-electron chi connectivity index (χ1n) is 11.2. The lowest BCUT2D eigenvalue weighted by atomic mass is 10.2. The van der Waals surface area contributed by atoms with Crippen molar-refractivity contribution in [2.75, 3.05) is 55.8 Å². The molecule has 1 aromatic carbocycles. The van der Waals surface area contributed by atoms with Crippen LogP contribution in [0.4, 0.5) is 16.5 Å². The van der Waals surface area contributed by atoms with Crippen LogP contribution >= 0.6 is 21.6 Å². The Morgan fingerprint density at radius 1 is 1.29 bits per heavy atom. The van der Waals surface area contributed by atoms with Crippen molar-refractivity contribution in [2.24, 2.45) is 10.7 Å². The summed E-state index contributed by atoms with van der Waals surface area (Å²) in [4.78, 5) is 27.9. The fourth-order valence-electron chi connectivity index (χ4n) is 3.53. The Hall–Kier alpha value is -2.80. The highest BCUT2D eigenvalue weighted by Crippen LogP contribution is 2.37. The van der Waals surface area contributed by atoms with Crippen molar-refractivity contribution < 1.29 is 18.7 Å². The number of aromatic nitrogens is 2. The number of fused-ring (bicyclic) bond motifs is 1. The van der Waals surface area contributed by atoms with E-state index < -0.39 is 6.09 Å². The summed E-state index contributed by atoms with van der Waals surface area (Å²) in [7, 11) is 3.35. The molecule has 0 unspecified atom stereocenters. The Morgan fingerprint density at radius 3 is 2.86 bits per heavy atom. The minimum Gasteiger partial charge on any atom is -0.432 e. The molecule has 1 aliphatic heterocycles. The number of hydrogen-bond donors (Lipinski definition) is 2. The van der Waals surface area contributed by atoms with Crippen molar-refractivity contribution >= 4 is 57.2 Å². The highest BCUT2D eigenvalue weighted by atomic mass is 33.1. The number of hydrogen-bond acceptors (Lipinski definition) is 11. The molecule has 1 fully saturated rings.